The van der Waals surface area contributed by atoms with Crippen LogP contribution in [0.1, 0.15) is 73.1 Å². The first-order chi connectivity index (χ1) is 14.9. The van der Waals surface area contributed by atoms with Gasteiger partial charge >= 0.3 is 5.97 Å². The third-order valence-corrected chi connectivity index (χ3v) is 6.52. The first-order valence-electron chi connectivity index (χ1n) is 11.1. The molecule has 0 saturated heterocycles. The maximum Gasteiger partial charge on any atom is 0.337 e. The van der Waals surface area contributed by atoms with Gasteiger partial charge in [-0.2, -0.15) is 10.1 Å². The van der Waals surface area contributed by atoms with E-state index in [0.717, 1.165) is 55.5 Å². The molecule has 0 unspecified atom stereocenters. The Morgan fingerprint density at radius 2 is 2.13 bits per heavy atom. The predicted octanol–water partition coefficient (Wildman–Crippen LogP) is 4.80. The Bertz CT molecular complexity index is 1150. The number of carbonyl (C=O) groups excluding carboxylic acids is 1. The van der Waals surface area contributed by atoms with E-state index in [2.05, 4.69) is 30.6 Å². The van der Waals surface area contributed by atoms with Gasteiger partial charge in [0.1, 0.15) is 0 Å². The summed E-state index contributed by atoms with van der Waals surface area (Å²) in [5, 5.41) is 9.12. The van der Waals surface area contributed by atoms with Crippen LogP contribution in [0.2, 0.25) is 0 Å². The monoisotopic (exact) mass is 420 g/mol. The molecule has 0 radical (unpaired) electrons. The van der Waals surface area contributed by atoms with E-state index in [1.54, 1.807) is 6.07 Å². The highest BCUT2D eigenvalue weighted by atomic mass is 16.5. The van der Waals surface area contributed by atoms with Gasteiger partial charge in [-0.15, -0.1) is 0 Å². The fourth-order valence-corrected chi connectivity index (χ4v) is 4.61. The molecule has 0 aliphatic heterocycles. The van der Waals surface area contributed by atoms with E-state index >= 15 is 0 Å². The zero-order valence-corrected chi connectivity index (χ0v) is 18.6. The predicted molar refractivity (Wildman–Crippen MR) is 116 cm³/mol. The Balaban J connectivity index is 1.54. The van der Waals surface area contributed by atoms with Gasteiger partial charge in [0, 0.05) is 23.4 Å². The molecule has 7 heteroatoms. The van der Waals surface area contributed by atoms with Gasteiger partial charge < -0.3 is 9.26 Å². The highest BCUT2D eigenvalue weighted by Gasteiger charge is 2.33. The number of hydrogen-bond acceptors (Lipinski definition) is 6. The van der Waals surface area contributed by atoms with Crippen molar-refractivity contribution >= 4 is 5.97 Å². The third-order valence-electron chi connectivity index (χ3n) is 6.52. The lowest BCUT2D eigenvalue weighted by Gasteiger charge is -2.30. The van der Waals surface area contributed by atoms with Crippen LogP contribution in [0, 0.1) is 5.41 Å². The van der Waals surface area contributed by atoms with E-state index in [1.165, 1.54) is 18.4 Å². The molecule has 3 aromatic rings. The molecule has 162 valence electrons. The number of ether oxygens (including phenoxy) is 1. The number of fused-ring (bicyclic) bond motifs is 1. The van der Waals surface area contributed by atoms with Gasteiger partial charge in [-0.3, -0.25) is 4.68 Å². The molecular formula is C24H28N4O3. The van der Waals surface area contributed by atoms with Crippen LogP contribution in [0.25, 0.3) is 23.0 Å². The Labute approximate surface area is 181 Å². The number of nitrogens with zero attached hydrogens (tertiary/aromatic N) is 4. The van der Waals surface area contributed by atoms with Crippen molar-refractivity contribution in [3.8, 4) is 23.0 Å². The summed E-state index contributed by atoms with van der Waals surface area (Å²) in [4.78, 5) is 16.7. The largest absolute Gasteiger partial charge is 0.465 e. The normalized spacial score (nSPS) is 17.4. The van der Waals surface area contributed by atoms with Crippen LogP contribution in [-0.2, 0) is 24.1 Å². The summed E-state index contributed by atoms with van der Waals surface area (Å²) in [5.74, 6) is 1.11. The lowest BCUT2D eigenvalue weighted by molar-refractivity contribution is 0.0600. The van der Waals surface area contributed by atoms with Crippen LogP contribution in [0.15, 0.2) is 22.7 Å². The number of aryl methyl sites for hydroxylation is 1. The molecule has 2 aliphatic rings. The summed E-state index contributed by atoms with van der Waals surface area (Å²) in [6, 6.07) is 5.57. The molecule has 0 spiro atoms. The maximum atomic E-state index is 12.0. The summed E-state index contributed by atoms with van der Waals surface area (Å²) >= 11 is 0. The molecule has 1 fully saturated rings. The van der Waals surface area contributed by atoms with E-state index in [-0.39, 0.29) is 11.4 Å². The number of carbonyl (C=O) groups is 1. The number of benzene rings is 1. The van der Waals surface area contributed by atoms with Crippen molar-refractivity contribution < 1.29 is 14.1 Å². The molecular weight excluding hydrogens is 392 g/mol. The zero-order valence-electron chi connectivity index (χ0n) is 18.6. The summed E-state index contributed by atoms with van der Waals surface area (Å²) in [6.07, 6.45) is 5.30. The highest BCUT2D eigenvalue weighted by Crippen LogP contribution is 2.45. The average molecular weight is 421 g/mol. The van der Waals surface area contributed by atoms with Gasteiger partial charge in [-0.05, 0) is 74.1 Å². The van der Waals surface area contributed by atoms with Crippen molar-refractivity contribution in [2.45, 2.75) is 65.3 Å². The van der Waals surface area contributed by atoms with E-state index in [4.69, 9.17) is 19.3 Å². The highest BCUT2D eigenvalue weighted by molar-refractivity contribution is 5.90. The second-order valence-corrected chi connectivity index (χ2v) is 9.42. The quantitative estimate of drug-likeness (QED) is 0.552. The molecule has 2 heterocycles. The van der Waals surface area contributed by atoms with Gasteiger partial charge in [0.05, 0.1) is 12.7 Å². The van der Waals surface area contributed by atoms with Crippen LogP contribution in [-0.4, -0.2) is 33.0 Å². The van der Waals surface area contributed by atoms with Crippen molar-refractivity contribution in [1.29, 1.82) is 0 Å². The minimum absolute atomic E-state index is 0.276. The minimum Gasteiger partial charge on any atom is -0.465 e. The Morgan fingerprint density at radius 3 is 2.84 bits per heavy atom. The Kier molecular flexibility index (Phi) is 4.72. The number of hydrogen-bond donors (Lipinski definition) is 0. The van der Waals surface area contributed by atoms with Crippen molar-refractivity contribution in [2.75, 3.05) is 7.11 Å². The molecule has 1 saturated carbocycles. The van der Waals surface area contributed by atoms with Crippen LogP contribution >= 0.6 is 0 Å². The summed E-state index contributed by atoms with van der Waals surface area (Å²) in [5.41, 5.74) is 6.15. The Morgan fingerprint density at radius 1 is 1.32 bits per heavy atom. The molecule has 1 aromatic carbocycles. The number of methoxy groups -OCH3 is 1. The molecule has 5 rings (SSSR count). The number of rotatable bonds is 5. The van der Waals surface area contributed by atoms with Crippen LogP contribution in [0.5, 0.6) is 0 Å². The summed E-state index contributed by atoms with van der Waals surface area (Å²) in [7, 11) is 1.40. The SMILES string of the molecule is CCn1nc(-c2nc(-c3ccc(C(=O)OC)cc3C3CC3)no2)c2c1CC(C)(C)CC2. The van der Waals surface area contributed by atoms with Gasteiger partial charge in [-0.1, -0.05) is 19.0 Å². The van der Waals surface area contributed by atoms with Crippen molar-refractivity contribution in [3.05, 3.63) is 40.6 Å². The molecule has 0 amide bonds. The van der Waals surface area contributed by atoms with Gasteiger partial charge in [0.2, 0.25) is 5.82 Å². The topological polar surface area (TPSA) is 83.0 Å². The second-order valence-electron chi connectivity index (χ2n) is 9.42. The number of esters is 1. The van der Waals surface area contributed by atoms with Gasteiger partial charge in [0.15, 0.2) is 5.69 Å². The van der Waals surface area contributed by atoms with Crippen LogP contribution in [0.4, 0.5) is 0 Å². The van der Waals surface area contributed by atoms with Gasteiger partial charge in [0.25, 0.3) is 5.89 Å². The molecule has 2 aliphatic carbocycles. The maximum absolute atomic E-state index is 12.0. The van der Waals surface area contributed by atoms with Crippen molar-refractivity contribution in [3.63, 3.8) is 0 Å². The fraction of sp³-hybridized carbons (Fsp3) is 0.500. The van der Waals surface area contributed by atoms with E-state index in [1.807, 2.05) is 12.1 Å². The molecule has 0 atom stereocenters. The zero-order chi connectivity index (χ0) is 21.8. The first-order valence-corrected chi connectivity index (χ1v) is 11.1. The summed E-state index contributed by atoms with van der Waals surface area (Å²) in [6.45, 7) is 7.55. The fourth-order valence-electron chi connectivity index (χ4n) is 4.61. The second kappa shape index (κ2) is 7.32. The molecule has 0 bridgehead atoms. The van der Waals surface area contributed by atoms with Gasteiger partial charge in [-0.25, -0.2) is 4.79 Å². The van der Waals surface area contributed by atoms with Crippen LogP contribution in [0.3, 0.4) is 0 Å². The van der Waals surface area contributed by atoms with E-state index < -0.39 is 0 Å². The van der Waals surface area contributed by atoms with E-state index in [9.17, 15) is 4.79 Å². The molecule has 31 heavy (non-hydrogen) atoms. The standard InChI is InChI=1S/C24H28N4O3/c1-5-28-19-13-24(2,3)11-10-17(19)20(26-28)22-25-21(27-31-22)16-9-8-15(23(29)30-4)12-18(16)14-6-7-14/h8-9,12,14H,5-7,10-11,13H2,1-4H3. The Hall–Kier alpha value is -2.96. The lowest BCUT2D eigenvalue weighted by atomic mass is 9.76. The summed E-state index contributed by atoms with van der Waals surface area (Å²) < 4.78 is 12.7. The molecule has 2 aromatic heterocycles. The minimum atomic E-state index is -0.332. The smallest absolute Gasteiger partial charge is 0.337 e. The van der Waals surface area contributed by atoms with Crippen molar-refractivity contribution in [1.82, 2.24) is 19.9 Å². The van der Waals surface area contributed by atoms with Crippen LogP contribution < -0.4 is 0 Å². The van der Waals surface area contributed by atoms with E-state index in [0.29, 0.717) is 23.2 Å². The first kappa shape index (κ1) is 20.0. The molecule has 7 nitrogen and oxygen atoms in total. The van der Waals surface area contributed by atoms with Crippen molar-refractivity contribution in [2.24, 2.45) is 5.41 Å². The average Bonchev–Trinajstić information content (AvgIpc) is 3.39. The molecule has 0 N–H and O–H groups in total. The lowest BCUT2D eigenvalue weighted by Crippen LogP contribution is -2.24. The number of aromatic nitrogens is 4. The third kappa shape index (κ3) is 3.56.